The van der Waals surface area contributed by atoms with E-state index in [-0.39, 0.29) is 0 Å². The van der Waals surface area contributed by atoms with Crippen LogP contribution in [0.15, 0.2) is 24.3 Å². The van der Waals surface area contributed by atoms with Crippen molar-refractivity contribution in [3.8, 4) is 0 Å². The van der Waals surface area contributed by atoms with Crippen molar-refractivity contribution in [1.29, 1.82) is 0 Å². The quantitative estimate of drug-likeness (QED) is 0.754. The zero-order chi connectivity index (χ0) is 10.8. The van der Waals surface area contributed by atoms with Crippen LogP contribution in [0, 0.1) is 6.92 Å². The molecule has 2 nitrogen and oxygen atoms in total. The number of anilines is 1. The van der Waals surface area contributed by atoms with Crippen LogP contribution in [0.2, 0.25) is 0 Å². The van der Waals surface area contributed by atoms with Crippen LogP contribution in [0.3, 0.4) is 0 Å². The maximum Gasteiger partial charge on any atom is 0.0389 e. The first-order chi connectivity index (χ1) is 7.18. The summed E-state index contributed by atoms with van der Waals surface area (Å²) in [5.74, 6) is 0. The second-order valence-electron chi connectivity index (χ2n) is 4.60. The average Bonchev–Trinajstić information content (AvgIpc) is 2.20. The van der Waals surface area contributed by atoms with Gasteiger partial charge in [-0.3, -0.25) is 0 Å². The molecule has 1 fully saturated rings. The van der Waals surface area contributed by atoms with Gasteiger partial charge in [-0.25, -0.2) is 0 Å². The predicted octanol–water partition coefficient (Wildman–Crippen LogP) is 2.18. The summed E-state index contributed by atoms with van der Waals surface area (Å²) in [6.45, 7) is 8.86. The van der Waals surface area contributed by atoms with Gasteiger partial charge in [0.15, 0.2) is 0 Å². The van der Waals surface area contributed by atoms with Gasteiger partial charge in [0.2, 0.25) is 0 Å². The van der Waals surface area contributed by atoms with Crippen LogP contribution in [0.25, 0.3) is 0 Å². The van der Waals surface area contributed by atoms with Crippen molar-refractivity contribution >= 4 is 5.69 Å². The molecule has 0 saturated carbocycles. The van der Waals surface area contributed by atoms with Gasteiger partial charge in [0.25, 0.3) is 0 Å². The first-order valence-electron chi connectivity index (χ1n) is 5.74. The number of hydrogen-bond acceptors (Lipinski definition) is 2. The molecule has 1 aromatic rings. The number of hydrogen-bond donors (Lipinski definition) is 1. The van der Waals surface area contributed by atoms with Gasteiger partial charge in [0, 0.05) is 30.9 Å². The minimum atomic E-state index is 0.580. The normalized spacial score (nSPS) is 26.7. The molecule has 1 saturated heterocycles. The molecule has 0 bridgehead atoms. The monoisotopic (exact) mass is 204 g/mol. The third-order valence-electron chi connectivity index (χ3n) is 3.16. The first kappa shape index (κ1) is 10.5. The summed E-state index contributed by atoms with van der Waals surface area (Å²) >= 11 is 0. The molecule has 1 N–H and O–H groups in total. The molecule has 0 aromatic heterocycles. The molecule has 82 valence electrons. The zero-order valence-corrected chi connectivity index (χ0v) is 9.83. The highest BCUT2D eigenvalue weighted by Crippen LogP contribution is 2.22. The van der Waals surface area contributed by atoms with Crippen LogP contribution >= 0.6 is 0 Å². The standard InChI is InChI=1S/C13H20N2/c1-10-4-6-13(7-5-10)15-11(2)8-14-9-12(15)3/h4-7,11-12,14H,8-9H2,1-3H3. The highest BCUT2D eigenvalue weighted by Gasteiger charge is 2.24. The van der Waals surface area contributed by atoms with E-state index in [0.717, 1.165) is 13.1 Å². The van der Waals surface area contributed by atoms with Crippen LogP contribution in [-0.4, -0.2) is 25.2 Å². The number of piperazine rings is 1. The molecule has 2 heteroatoms. The highest BCUT2D eigenvalue weighted by atomic mass is 15.2. The topological polar surface area (TPSA) is 15.3 Å². The Morgan fingerprint density at radius 3 is 2.13 bits per heavy atom. The van der Waals surface area contributed by atoms with Crippen LogP contribution in [0.5, 0.6) is 0 Å². The summed E-state index contributed by atoms with van der Waals surface area (Å²) in [5.41, 5.74) is 2.68. The third-order valence-corrected chi connectivity index (χ3v) is 3.16. The maximum absolute atomic E-state index is 3.45. The number of aryl methyl sites for hydroxylation is 1. The van der Waals surface area contributed by atoms with E-state index in [9.17, 15) is 0 Å². The molecular weight excluding hydrogens is 184 g/mol. The molecule has 2 rings (SSSR count). The Bertz CT molecular complexity index is 308. The fraction of sp³-hybridized carbons (Fsp3) is 0.538. The smallest absolute Gasteiger partial charge is 0.0389 e. The molecule has 0 amide bonds. The Labute approximate surface area is 92.3 Å². The predicted molar refractivity (Wildman–Crippen MR) is 65.5 cm³/mol. The van der Waals surface area contributed by atoms with Crippen molar-refractivity contribution < 1.29 is 0 Å². The molecule has 0 radical (unpaired) electrons. The Morgan fingerprint density at radius 1 is 1.07 bits per heavy atom. The van der Waals surface area contributed by atoms with Crippen LogP contribution < -0.4 is 10.2 Å². The number of nitrogens with zero attached hydrogens (tertiary/aromatic N) is 1. The van der Waals surface area contributed by atoms with Crippen LogP contribution in [0.4, 0.5) is 5.69 Å². The van der Waals surface area contributed by atoms with Gasteiger partial charge in [-0.2, -0.15) is 0 Å². The minimum absolute atomic E-state index is 0.580. The maximum atomic E-state index is 3.45. The number of benzene rings is 1. The van der Waals surface area contributed by atoms with Crippen LogP contribution in [-0.2, 0) is 0 Å². The average molecular weight is 204 g/mol. The van der Waals surface area contributed by atoms with Crippen LogP contribution in [0.1, 0.15) is 19.4 Å². The van der Waals surface area contributed by atoms with E-state index >= 15 is 0 Å². The lowest BCUT2D eigenvalue weighted by molar-refractivity contribution is 0.432. The molecular formula is C13H20N2. The van der Waals surface area contributed by atoms with E-state index in [1.807, 2.05) is 0 Å². The second-order valence-corrected chi connectivity index (χ2v) is 4.60. The molecule has 1 aliphatic rings. The van der Waals surface area contributed by atoms with Crippen molar-refractivity contribution in [3.63, 3.8) is 0 Å². The van der Waals surface area contributed by atoms with Gasteiger partial charge >= 0.3 is 0 Å². The van der Waals surface area contributed by atoms with Gasteiger partial charge in [-0.15, -0.1) is 0 Å². The first-order valence-corrected chi connectivity index (χ1v) is 5.74. The summed E-state index contributed by atoms with van der Waals surface area (Å²) in [4.78, 5) is 2.51. The van der Waals surface area contributed by atoms with Gasteiger partial charge in [-0.05, 0) is 32.9 Å². The molecule has 0 spiro atoms. The summed E-state index contributed by atoms with van der Waals surface area (Å²) in [6.07, 6.45) is 0. The van der Waals surface area contributed by atoms with Crippen molar-refractivity contribution in [2.45, 2.75) is 32.9 Å². The summed E-state index contributed by atoms with van der Waals surface area (Å²) < 4.78 is 0. The molecule has 2 atom stereocenters. The summed E-state index contributed by atoms with van der Waals surface area (Å²) in [5, 5.41) is 3.45. The highest BCUT2D eigenvalue weighted by molar-refractivity contribution is 5.50. The molecule has 0 aliphatic carbocycles. The lowest BCUT2D eigenvalue weighted by Crippen LogP contribution is -2.55. The fourth-order valence-electron chi connectivity index (χ4n) is 2.36. The van der Waals surface area contributed by atoms with E-state index in [0.29, 0.717) is 12.1 Å². The van der Waals surface area contributed by atoms with Crippen molar-refractivity contribution in [3.05, 3.63) is 29.8 Å². The Hall–Kier alpha value is -1.02. The third kappa shape index (κ3) is 2.15. The SMILES string of the molecule is Cc1ccc(N2C(C)CNCC2C)cc1. The lowest BCUT2D eigenvalue weighted by atomic mass is 10.1. The van der Waals surface area contributed by atoms with E-state index in [2.05, 4.69) is 55.3 Å². The van der Waals surface area contributed by atoms with Crippen molar-refractivity contribution in [2.24, 2.45) is 0 Å². The largest absolute Gasteiger partial charge is 0.364 e. The van der Waals surface area contributed by atoms with E-state index in [1.54, 1.807) is 0 Å². The molecule has 1 aliphatic heterocycles. The van der Waals surface area contributed by atoms with Crippen molar-refractivity contribution in [2.75, 3.05) is 18.0 Å². The Balaban J connectivity index is 2.23. The Morgan fingerprint density at radius 2 is 1.60 bits per heavy atom. The fourth-order valence-corrected chi connectivity index (χ4v) is 2.36. The van der Waals surface area contributed by atoms with E-state index < -0.39 is 0 Å². The van der Waals surface area contributed by atoms with E-state index in [1.165, 1.54) is 11.3 Å². The van der Waals surface area contributed by atoms with E-state index in [4.69, 9.17) is 0 Å². The number of nitrogens with one attached hydrogen (secondary N) is 1. The molecule has 15 heavy (non-hydrogen) atoms. The summed E-state index contributed by atoms with van der Waals surface area (Å²) in [6, 6.07) is 10.0. The minimum Gasteiger partial charge on any atom is -0.364 e. The molecule has 2 unspecified atom stereocenters. The summed E-state index contributed by atoms with van der Waals surface area (Å²) in [7, 11) is 0. The lowest BCUT2D eigenvalue weighted by Gasteiger charge is -2.41. The van der Waals surface area contributed by atoms with Gasteiger partial charge in [0.05, 0.1) is 0 Å². The van der Waals surface area contributed by atoms with Gasteiger partial charge in [-0.1, -0.05) is 17.7 Å². The Kier molecular flexibility index (Phi) is 2.96. The molecule has 1 aromatic carbocycles. The van der Waals surface area contributed by atoms with Crippen molar-refractivity contribution in [1.82, 2.24) is 5.32 Å². The second kappa shape index (κ2) is 4.23. The van der Waals surface area contributed by atoms with Gasteiger partial charge in [0.1, 0.15) is 0 Å². The number of rotatable bonds is 1. The van der Waals surface area contributed by atoms with Gasteiger partial charge < -0.3 is 10.2 Å². The molecule has 1 heterocycles. The zero-order valence-electron chi connectivity index (χ0n) is 9.83.